The van der Waals surface area contributed by atoms with Gasteiger partial charge in [-0.25, -0.2) is 0 Å². The van der Waals surface area contributed by atoms with Crippen LogP contribution in [0.3, 0.4) is 0 Å². The number of para-hydroxylation sites is 1. The minimum Gasteiger partial charge on any atom is -0.323 e. The first-order valence-corrected chi connectivity index (χ1v) is 10.9. The van der Waals surface area contributed by atoms with Crippen molar-refractivity contribution in [3.8, 4) is 0 Å². The van der Waals surface area contributed by atoms with Gasteiger partial charge < -0.3 is 5.32 Å². The SMILES string of the molecule is Cc1cccc(C)c1NC(=O)C1(/C=C/c2ccccc2)CC(=O)N1c1ccc(Br)cc1. The predicted octanol–water partition coefficient (Wildman–Crippen LogP) is 5.89. The summed E-state index contributed by atoms with van der Waals surface area (Å²) in [5.74, 6) is -0.309. The summed E-state index contributed by atoms with van der Waals surface area (Å²) in [6.45, 7) is 3.93. The fourth-order valence-corrected chi connectivity index (χ4v) is 4.17. The van der Waals surface area contributed by atoms with E-state index in [1.165, 1.54) is 0 Å². The number of aryl methyl sites for hydroxylation is 2. The number of hydrogen-bond donors (Lipinski definition) is 1. The summed E-state index contributed by atoms with van der Waals surface area (Å²) in [5.41, 5.74) is 3.31. The van der Waals surface area contributed by atoms with Gasteiger partial charge in [0.15, 0.2) is 5.54 Å². The largest absolute Gasteiger partial charge is 0.323 e. The fourth-order valence-electron chi connectivity index (χ4n) is 3.91. The first kappa shape index (κ1) is 21.1. The number of β-lactam (4-membered cyclic amide) rings is 1. The number of anilines is 2. The number of carbonyl (C=O) groups excluding carboxylic acids is 2. The highest BCUT2D eigenvalue weighted by Crippen LogP contribution is 2.40. The van der Waals surface area contributed by atoms with E-state index in [4.69, 9.17) is 0 Å². The highest BCUT2D eigenvalue weighted by Gasteiger charge is 2.55. The number of rotatable bonds is 5. The molecule has 0 radical (unpaired) electrons. The van der Waals surface area contributed by atoms with Gasteiger partial charge in [-0.1, -0.05) is 70.5 Å². The average Bonchev–Trinajstić information content (AvgIpc) is 2.75. The van der Waals surface area contributed by atoms with Crippen LogP contribution in [0.15, 0.2) is 83.3 Å². The van der Waals surface area contributed by atoms with E-state index in [1.54, 1.807) is 4.90 Å². The highest BCUT2D eigenvalue weighted by atomic mass is 79.9. The molecule has 0 aromatic heterocycles. The van der Waals surface area contributed by atoms with Crippen molar-refractivity contribution >= 4 is 45.2 Å². The molecule has 0 bridgehead atoms. The number of nitrogens with one attached hydrogen (secondary N) is 1. The lowest BCUT2D eigenvalue weighted by molar-refractivity contribution is -0.134. The number of nitrogens with zero attached hydrogens (tertiary/aromatic N) is 1. The molecule has 0 saturated carbocycles. The molecule has 156 valence electrons. The molecule has 31 heavy (non-hydrogen) atoms. The maximum Gasteiger partial charge on any atom is 0.255 e. The van der Waals surface area contributed by atoms with Gasteiger partial charge in [-0.3, -0.25) is 14.5 Å². The van der Waals surface area contributed by atoms with Crippen LogP contribution in [0.2, 0.25) is 0 Å². The summed E-state index contributed by atoms with van der Waals surface area (Å²) >= 11 is 3.43. The summed E-state index contributed by atoms with van der Waals surface area (Å²) in [7, 11) is 0. The minimum atomic E-state index is -1.10. The molecule has 1 fully saturated rings. The fraction of sp³-hybridized carbons (Fsp3) is 0.154. The molecule has 5 heteroatoms. The van der Waals surface area contributed by atoms with E-state index >= 15 is 0 Å². The summed E-state index contributed by atoms with van der Waals surface area (Å²) in [4.78, 5) is 28.0. The Morgan fingerprint density at radius 1 is 0.968 bits per heavy atom. The summed E-state index contributed by atoms with van der Waals surface area (Å²) < 4.78 is 0.912. The quantitative estimate of drug-likeness (QED) is 0.468. The van der Waals surface area contributed by atoms with Crippen molar-refractivity contribution < 1.29 is 9.59 Å². The van der Waals surface area contributed by atoms with Crippen molar-refractivity contribution in [1.82, 2.24) is 0 Å². The van der Waals surface area contributed by atoms with Gasteiger partial charge in [0.05, 0.1) is 6.42 Å². The molecule has 2 amide bonds. The Morgan fingerprint density at radius 3 is 2.23 bits per heavy atom. The van der Waals surface area contributed by atoms with E-state index in [-0.39, 0.29) is 18.2 Å². The highest BCUT2D eigenvalue weighted by molar-refractivity contribution is 9.10. The van der Waals surface area contributed by atoms with E-state index in [0.29, 0.717) is 5.69 Å². The Morgan fingerprint density at radius 2 is 1.61 bits per heavy atom. The molecule has 3 aromatic rings. The maximum absolute atomic E-state index is 13.7. The average molecular weight is 475 g/mol. The van der Waals surface area contributed by atoms with Gasteiger partial charge >= 0.3 is 0 Å². The van der Waals surface area contributed by atoms with Crippen LogP contribution >= 0.6 is 15.9 Å². The van der Waals surface area contributed by atoms with Crippen molar-refractivity contribution in [2.75, 3.05) is 10.2 Å². The van der Waals surface area contributed by atoms with Gasteiger partial charge in [0.1, 0.15) is 0 Å². The van der Waals surface area contributed by atoms with Crippen molar-refractivity contribution in [1.29, 1.82) is 0 Å². The third-order valence-electron chi connectivity index (χ3n) is 5.62. The second-order valence-corrected chi connectivity index (χ2v) is 8.69. The lowest BCUT2D eigenvalue weighted by Gasteiger charge is -2.49. The van der Waals surface area contributed by atoms with Crippen LogP contribution in [0.25, 0.3) is 6.08 Å². The van der Waals surface area contributed by atoms with E-state index in [0.717, 1.165) is 26.9 Å². The van der Waals surface area contributed by atoms with Crippen LogP contribution < -0.4 is 10.2 Å². The molecule has 4 nitrogen and oxygen atoms in total. The zero-order valence-corrected chi connectivity index (χ0v) is 19.0. The van der Waals surface area contributed by atoms with E-state index in [1.807, 2.05) is 98.8 Å². The summed E-state index contributed by atoms with van der Waals surface area (Å²) in [6.07, 6.45) is 3.86. The molecular formula is C26H23BrN2O2. The van der Waals surface area contributed by atoms with Crippen LogP contribution in [-0.4, -0.2) is 17.4 Å². The zero-order chi connectivity index (χ0) is 22.0. The van der Waals surface area contributed by atoms with Crippen molar-refractivity contribution in [2.24, 2.45) is 0 Å². The Balaban J connectivity index is 1.75. The molecular weight excluding hydrogens is 452 g/mol. The molecule has 1 atom stereocenters. The number of halogens is 1. The van der Waals surface area contributed by atoms with E-state index < -0.39 is 5.54 Å². The van der Waals surface area contributed by atoms with Gasteiger partial charge in [-0.2, -0.15) is 0 Å². The van der Waals surface area contributed by atoms with Crippen LogP contribution in [0.1, 0.15) is 23.1 Å². The molecule has 1 unspecified atom stereocenters. The second kappa shape index (κ2) is 8.52. The maximum atomic E-state index is 13.7. The lowest BCUT2D eigenvalue weighted by Crippen LogP contribution is -2.68. The summed E-state index contributed by atoms with van der Waals surface area (Å²) in [6, 6.07) is 23.1. The molecule has 1 heterocycles. The molecule has 1 saturated heterocycles. The Hall–Kier alpha value is -3.18. The van der Waals surface area contributed by atoms with Gasteiger partial charge in [0.2, 0.25) is 5.91 Å². The van der Waals surface area contributed by atoms with Crippen LogP contribution in [-0.2, 0) is 9.59 Å². The number of carbonyl (C=O) groups is 2. The van der Waals surface area contributed by atoms with Gasteiger partial charge in [-0.15, -0.1) is 0 Å². The third kappa shape index (κ3) is 4.06. The molecule has 1 aliphatic heterocycles. The first-order valence-electron chi connectivity index (χ1n) is 10.1. The van der Waals surface area contributed by atoms with Gasteiger partial charge in [-0.05, 0) is 60.9 Å². The van der Waals surface area contributed by atoms with Crippen molar-refractivity contribution in [3.63, 3.8) is 0 Å². The number of benzene rings is 3. The van der Waals surface area contributed by atoms with E-state index in [2.05, 4.69) is 21.2 Å². The monoisotopic (exact) mass is 474 g/mol. The zero-order valence-electron chi connectivity index (χ0n) is 17.4. The Labute approximate surface area is 190 Å². The Kier molecular flexibility index (Phi) is 5.79. The van der Waals surface area contributed by atoms with E-state index in [9.17, 15) is 9.59 Å². The Bertz CT molecular complexity index is 1140. The third-order valence-corrected chi connectivity index (χ3v) is 6.15. The molecule has 1 N–H and O–H groups in total. The molecule has 3 aromatic carbocycles. The minimum absolute atomic E-state index is 0.0864. The first-order chi connectivity index (χ1) is 14.9. The number of amides is 2. The van der Waals surface area contributed by atoms with Gasteiger partial charge in [0.25, 0.3) is 5.91 Å². The standard InChI is InChI=1S/C26H23BrN2O2/c1-18-7-6-8-19(2)24(18)28-25(31)26(16-15-20-9-4-3-5-10-20)17-23(30)29(26)22-13-11-21(27)12-14-22/h3-16H,17H2,1-2H3,(H,28,31)/b16-15+. The second-order valence-electron chi connectivity index (χ2n) is 7.77. The lowest BCUT2D eigenvalue weighted by atomic mass is 9.81. The van der Waals surface area contributed by atoms with Crippen molar-refractivity contribution in [2.45, 2.75) is 25.8 Å². The van der Waals surface area contributed by atoms with Crippen LogP contribution in [0.5, 0.6) is 0 Å². The van der Waals surface area contributed by atoms with Crippen LogP contribution in [0.4, 0.5) is 11.4 Å². The molecule has 1 aliphatic rings. The summed E-state index contributed by atoms with van der Waals surface area (Å²) in [5, 5.41) is 3.10. The van der Waals surface area contributed by atoms with Crippen molar-refractivity contribution in [3.05, 3.63) is 100 Å². The van der Waals surface area contributed by atoms with Gasteiger partial charge in [0, 0.05) is 15.8 Å². The predicted molar refractivity (Wildman–Crippen MR) is 129 cm³/mol. The van der Waals surface area contributed by atoms with Crippen LogP contribution in [0, 0.1) is 13.8 Å². The molecule has 0 spiro atoms. The normalized spacial score (nSPS) is 18.2. The smallest absolute Gasteiger partial charge is 0.255 e. The molecule has 0 aliphatic carbocycles. The molecule has 4 rings (SSSR count). The number of hydrogen-bond acceptors (Lipinski definition) is 2. The topological polar surface area (TPSA) is 49.4 Å².